The number of ether oxygens (including phenoxy) is 8. The Bertz CT molecular complexity index is 2630. The highest BCUT2D eigenvalue weighted by molar-refractivity contribution is 5.53. The number of nitrogens with zero attached hydrogens (tertiary/aromatic N) is 4. The fourth-order valence-corrected chi connectivity index (χ4v) is 17.0. The Morgan fingerprint density at radius 3 is 0.645 bits per heavy atom. The molecule has 0 amide bonds. The molecule has 16 nitrogen and oxygen atoms in total. The predicted octanol–water partition coefficient (Wildman–Crippen LogP) is 12.8. The van der Waals surface area contributed by atoms with Crippen LogP contribution in [0.1, 0.15) is 183 Å². The number of hydrogen-bond donors (Lipinski definition) is 4. The summed E-state index contributed by atoms with van der Waals surface area (Å²) in [5.74, 6) is 10.4. The third kappa shape index (κ3) is 17.2. The average molecular weight is 1290 g/mol. The first-order valence-electron chi connectivity index (χ1n) is 34.8. The zero-order valence-corrected chi connectivity index (χ0v) is 58.8. The molecule has 8 aliphatic heterocycles. The summed E-state index contributed by atoms with van der Waals surface area (Å²) in [7, 11) is 13.4. The van der Waals surface area contributed by atoms with E-state index >= 15 is 0 Å². The second kappa shape index (κ2) is 33.3. The van der Waals surface area contributed by atoms with Crippen LogP contribution in [0.4, 0.5) is 0 Å². The van der Waals surface area contributed by atoms with Crippen molar-refractivity contribution in [2.24, 2.45) is 47.3 Å². The average Bonchev–Trinajstić information content (AvgIpc) is 0.796. The molecule has 12 atom stereocenters. The van der Waals surface area contributed by atoms with Crippen LogP contribution in [0.2, 0.25) is 0 Å². The Balaban J connectivity index is 0.000000159. The van der Waals surface area contributed by atoms with Crippen LogP contribution >= 0.6 is 0 Å². The Morgan fingerprint density at radius 1 is 0.312 bits per heavy atom. The molecule has 4 fully saturated rings. The van der Waals surface area contributed by atoms with Crippen molar-refractivity contribution >= 4 is 0 Å². The van der Waals surface area contributed by atoms with Gasteiger partial charge in [-0.2, -0.15) is 0 Å². The number of methoxy groups -OCH3 is 8. The number of hydrogen-bond acceptors (Lipinski definition) is 16. The number of benzene rings is 4. The van der Waals surface area contributed by atoms with Gasteiger partial charge in [-0.3, -0.25) is 19.6 Å². The molecular formula is C77H120N4O12. The van der Waals surface area contributed by atoms with Crippen molar-refractivity contribution in [1.82, 2.24) is 19.6 Å². The van der Waals surface area contributed by atoms with Gasteiger partial charge in [-0.25, -0.2) is 0 Å². The Kier molecular flexibility index (Phi) is 26.4. The zero-order valence-electron chi connectivity index (χ0n) is 58.8. The van der Waals surface area contributed by atoms with Gasteiger partial charge in [0.25, 0.3) is 0 Å². The lowest BCUT2D eigenvalue weighted by Crippen LogP contribution is -2.48. The van der Waals surface area contributed by atoms with Crippen LogP contribution in [0.15, 0.2) is 48.5 Å². The maximum atomic E-state index is 10.6. The monoisotopic (exact) mass is 1290 g/mol. The molecule has 0 unspecified atom stereocenters. The number of aliphatic hydroxyl groups excluding tert-OH is 4. The van der Waals surface area contributed by atoms with Gasteiger partial charge in [-0.1, -0.05) is 62.8 Å². The molecule has 0 aliphatic carbocycles. The van der Waals surface area contributed by atoms with Crippen molar-refractivity contribution in [1.29, 1.82) is 0 Å². The van der Waals surface area contributed by atoms with Crippen LogP contribution < -0.4 is 37.9 Å². The maximum Gasteiger partial charge on any atom is 0.161 e. The topological polar surface area (TPSA) is 168 Å². The van der Waals surface area contributed by atoms with Crippen LogP contribution in [0.5, 0.6) is 46.0 Å². The first kappa shape index (κ1) is 73.8. The molecule has 0 aromatic heterocycles. The van der Waals surface area contributed by atoms with Crippen LogP contribution in [0.3, 0.4) is 0 Å². The Labute approximate surface area is 559 Å². The fourth-order valence-electron chi connectivity index (χ4n) is 17.0. The van der Waals surface area contributed by atoms with Crippen LogP contribution in [0.25, 0.3) is 0 Å². The van der Waals surface area contributed by atoms with Gasteiger partial charge in [0.15, 0.2) is 46.0 Å². The van der Waals surface area contributed by atoms with Gasteiger partial charge in [0.2, 0.25) is 0 Å². The minimum atomic E-state index is -0.210. The van der Waals surface area contributed by atoms with Gasteiger partial charge in [-0.15, -0.1) is 0 Å². The lowest BCUT2D eigenvalue weighted by Gasteiger charge is -2.46. The van der Waals surface area contributed by atoms with E-state index in [-0.39, 0.29) is 31.8 Å². The first-order chi connectivity index (χ1) is 44.1. The summed E-state index contributed by atoms with van der Waals surface area (Å²) in [4.78, 5) is 10.2. The fraction of sp³-hybridized carbons (Fsp3) is 0.688. The summed E-state index contributed by atoms with van der Waals surface area (Å²) < 4.78 is 43.6. The molecule has 93 heavy (non-hydrogen) atoms. The molecule has 8 heterocycles. The smallest absolute Gasteiger partial charge is 0.161 e. The van der Waals surface area contributed by atoms with Crippen molar-refractivity contribution in [2.75, 3.05) is 109 Å². The van der Waals surface area contributed by atoms with E-state index in [4.69, 9.17) is 37.9 Å². The van der Waals surface area contributed by atoms with Gasteiger partial charge in [0.05, 0.1) is 81.3 Å². The lowest BCUT2D eigenvalue weighted by molar-refractivity contribution is -0.0192. The minimum Gasteiger partial charge on any atom is -0.493 e. The van der Waals surface area contributed by atoms with Gasteiger partial charge in [0.1, 0.15) is 0 Å². The van der Waals surface area contributed by atoms with Gasteiger partial charge in [0, 0.05) is 76.5 Å². The number of fused-ring (bicyclic) bond motifs is 12. The molecule has 0 radical (unpaired) electrons. The molecule has 4 N–H and O–H groups in total. The molecule has 16 heteroatoms. The SMILES string of the molecule is C.COc1cc2c(cc1OC)[C@@H]1C[C@@H](O)[C@H](CC(C)C)CN1CC2.COc1cc2c(cc1OC)[C@@H]1C[C@H](O)[C@H](CC(C)C)CN1CC2.COc1cc2c(cc1OC)[C@H]1C[C@@H](O)[C@@H](CC(C)C)CN1CC2.COc1cc2c(cc1OC)[C@H]1C[C@H](O)[C@@H](CC(C)C)CN1CC2. The minimum absolute atomic E-state index is 0. The van der Waals surface area contributed by atoms with Crippen molar-refractivity contribution in [3.63, 3.8) is 0 Å². The van der Waals surface area contributed by atoms with E-state index in [2.05, 4.69) is 124 Å². The quantitative estimate of drug-likeness (QED) is 0.0836. The van der Waals surface area contributed by atoms with E-state index < -0.39 is 0 Å². The lowest BCUT2D eigenvalue weighted by atomic mass is 9.79. The molecule has 0 saturated carbocycles. The summed E-state index contributed by atoms with van der Waals surface area (Å²) in [6.45, 7) is 26.1. The molecule has 4 aromatic carbocycles. The molecule has 0 spiro atoms. The largest absolute Gasteiger partial charge is 0.493 e. The number of aliphatic hydroxyl groups is 4. The van der Waals surface area contributed by atoms with Crippen LogP contribution in [0, 0.1) is 47.3 Å². The van der Waals surface area contributed by atoms with Crippen molar-refractivity contribution in [2.45, 2.75) is 188 Å². The van der Waals surface area contributed by atoms with Crippen molar-refractivity contribution in [3.8, 4) is 46.0 Å². The molecule has 0 bridgehead atoms. The van der Waals surface area contributed by atoms with Gasteiger partial charge < -0.3 is 58.3 Å². The number of rotatable bonds is 16. The Morgan fingerprint density at radius 2 is 0.484 bits per heavy atom. The van der Waals surface area contributed by atoms with Gasteiger partial charge in [-0.05, 0) is 217 Å². The van der Waals surface area contributed by atoms with Crippen molar-refractivity contribution in [3.05, 3.63) is 93.0 Å². The van der Waals surface area contributed by atoms with Crippen molar-refractivity contribution < 1.29 is 58.3 Å². The second-order valence-electron chi connectivity index (χ2n) is 29.4. The molecular weight excluding hydrogens is 1170 g/mol. The first-order valence-corrected chi connectivity index (χ1v) is 34.8. The highest BCUT2D eigenvalue weighted by Crippen LogP contribution is 2.49. The molecule has 12 rings (SSSR count). The summed E-state index contributed by atoms with van der Waals surface area (Å²) in [5, 5.41) is 42.5. The highest BCUT2D eigenvalue weighted by atomic mass is 16.5. The predicted molar refractivity (Wildman–Crippen MR) is 371 cm³/mol. The molecule has 520 valence electrons. The third-order valence-corrected chi connectivity index (χ3v) is 21.5. The zero-order chi connectivity index (χ0) is 66.2. The second-order valence-corrected chi connectivity index (χ2v) is 29.4. The summed E-state index contributed by atoms with van der Waals surface area (Å²) >= 11 is 0. The van der Waals surface area contributed by atoms with Gasteiger partial charge >= 0.3 is 0 Å². The van der Waals surface area contributed by atoms with E-state index in [0.29, 0.717) is 71.5 Å². The third-order valence-electron chi connectivity index (χ3n) is 21.5. The number of piperidine rings is 4. The van der Waals surface area contributed by atoms with E-state index in [1.54, 1.807) is 56.9 Å². The summed E-state index contributed by atoms with van der Waals surface area (Å²) in [6, 6.07) is 18.1. The van der Waals surface area contributed by atoms with Crippen LogP contribution in [-0.4, -0.2) is 174 Å². The Hall–Kier alpha value is -5.04. The summed E-state index contributed by atoms with van der Waals surface area (Å²) in [5.41, 5.74) is 10.5. The molecule has 4 aromatic rings. The standard InChI is InChI=1S/4C19H29NO3.CH4/c4*1-12(2)7-14-11-20-6-5-13-8-18(22-3)19(23-4)9-15(13)16(20)10-17(14)21;/h4*8-9,12,14,16-17,21H,5-7,10-11H2,1-4H3;1H4/t2*14-,16+,17+;2*14-,16+,17-;/m1010./s1. The van der Waals surface area contributed by atoms with E-state index in [1.807, 2.05) is 0 Å². The molecule has 8 aliphatic rings. The normalized spacial score (nSPS) is 27.2. The highest BCUT2D eigenvalue weighted by Gasteiger charge is 2.43. The molecule has 4 saturated heterocycles. The van der Waals surface area contributed by atoms with E-state index in [1.165, 1.54) is 44.5 Å². The van der Waals surface area contributed by atoms with E-state index in [0.717, 1.165) is 175 Å². The van der Waals surface area contributed by atoms with E-state index in [9.17, 15) is 20.4 Å². The van der Waals surface area contributed by atoms with Crippen LogP contribution in [-0.2, 0) is 25.7 Å². The maximum absolute atomic E-state index is 10.6. The summed E-state index contributed by atoms with van der Waals surface area (Å²) in [6.07, 6.45) is 11.0.